The Morgan fingerprint density at radius 1 is 1.31 bits per heavy atom. The molecular weight excluding hydrogens is 328 g/mol. The molecule has 3 aromatic rings. The van der Waals surface area contributed by atoms with E-state index in [1.807, 2.05) is 60.0 Å². The third kappa shape index (κ3) is 3.03. The van der Waals surface area contributed by atoms with E-state index in [4.69, 9.17) is 4.52 Å². The molecule has 1 aromatic carbocycles. The molecule has 1 aliphatic rings. The second kappa shape index (κ2) is 6.78. The van der Waals surface area contributed by atoms with E-state index in [0.29, 0.717) is 12.1 Å². The van der Waals surface area contributed by atoms with Crippen LogP contribution in [0.5, 0.6) is 0 Å². The first-order valence-electron chi connectivity index (χ1n) is 8.93. The summed E-state index contributed by atoms with van der Waals surface area (Å²) in [5, 5.41) is 8.29. The Bertz CT molecular complexity index is 894. The van der Waals surface area contributed by atoms with Crippen LogP contribution in [0.4, 0.5) is 0 Å². The molecule has 0 bridgehead atoms. The maximum Gasteiger partial charge on any atom is 0.254 e. The maximum atomic E-state index is 13.2. The fraction of sp³-hybridized carbons (Fsp3) is 0.350. The molecule has 1 fully saturated rings. The Hall–Kier alpha value is -2.89. The molecule has 3 heterocycles. The first-order chi connectivity index (χ1) is 12.6. The molecule has 134 valence electrons. The van der Waals surface area contributed by atoms with E-state index in [1.165, 1.54) is 0 Å². The Morgan fingerprint density at radius 3 is 2.92 bits per heavy atom. The highest BCUT2D eigenvalue weighted by Gasteiger charge is 2.34. The summed E-state index contributed by atoms with van der Waals surface area (Å²) in [6.07, 6.45) is 5.62. The van der Waals surface area contributed by atoms with E-state index in [2.05, 4.69) is 10.3 Å². The molecule has 26 heavy (non-hydrogen) atoms. The van der Waals surface area contributed by atoms with Gasteiger partial charge in [-0.05, 0) is 50.5 Å². The molecule has 0 N–H and O–H groups in total. The highest BCUT2D eigenvalue weighted by Crippen LogP contribution is 2.36. The number of carbonyl (C=O) groups excluding carboxylic acids is 1. The summed E-state index contributed by atoms with van der Waals surface area (Å²) in [4.78, 5) is 15.1. The summed E-state index contributed by atoms with van der Waals surface area (Å²) >= 11 is 0. The second-order valence-corrected chi connectivity index (χ2v) is 6.80. The minimum Gasteiger partial charge on any atom is -0.361 e. The Kier molecular flexibility index (Phi) is 4.32. The van der Waals surface area contributed by atoms with E-state index < -0.39 is 0 Å². The van der Waals surface area contributed by atoms with Gasteiger partial charge in [0, 0.05) is 30.1 Å². The zero-order valence-electron chi connectivity index (χ0n) is 15.1. The van der Waals surface area contributed by atoms with Crippen molar-refractivity contribution in [3.8, 4) is 0 Å². The third-order valence-electron chi connectivity index (χ3n) is 5.01. The lowest BCUT2D eigenvalue weighted by Crippen LogP contribution is -2.31. The van der Waals surface area contributed by atoms with Gasteiger partial charge in [-0.15, -0.1) is 0 Å². The first kappa shape index (κ1) is 16.6. The lowest BCUT2D eigenvalue weighted by atomic mass is 10.0. The van der Waals surface area contributed by atoms with Crippen molar-refractivity contribution in [1.82, 2.24) is 19.8 Å². The number of likely N-dealkylation sites (tertiary alicyclic amines) is 1. The smallest absolute Gasteiger partial charge is 0.254 e. The van der Waals surface area contributed by atoms with Crippen LogP contribution in [0.2, 0.25) is 0 Å². The van der Waals surface area contributed by atoms with Gasteiger partial charge in [0.15, 0.2) is 0 Å². The van der Waals surface area contributed by atoms with Crippen LogP contribution in [0.1, 0.15) is 51.8 Å². The summed E-state index contributed by atoms with van der Waals surface area (Å²) in [6, 6.07) is 9.75. The van der Waals surface area contributed by atoms with Crippen LogP contribution >= 0.6 is 0 Å². The molecule has 6 nitrogen and oxygen atoms in total. The molecule has 1 aliphatic heterocycles. The second-order valence-electron chi connectivity index (χ2n) is 6.80. The topological polar surface area (TPSA) is 64.2 Å². The number of hydrogen-bond donors (Lipinski definition) is 0. The predicted molar refractivity (Wildman–Crippen MR) is 96.8 cm³/mol. The van der Waals surface area contributed by atoms with Crippen molar-refractivity contribution in [1.29, 1.82) is 0 Å². The molecule has 0 spiro atoms. The van der Waals surface area contributed by atoms with Crippen molar-refractivity contribution < 1.29 is 9.32 Å². The Labute approximate surface area is 152 Å². The summed E-state index contributed by atoms with van der Waals surface area (Å²) < 4.78 is 7.17. The van der Waals surface area contributed by atoms with E-state index in [9.17, 15) is 4.79 Å². The molecular formula is C20H22N4O2. The Balaban J connectivity index is 1.59. The number of amides is 1. The summed E-state index contributed by atoms with van der Waals surface area (Å²) in [5.41, 5.74) is 3.71. The van der Waals surface area contributed by atoms with Gasteiger partial charge >= 0.3 is 0 Å². The minimum absolute atomic E-state index is 0.0449. The number of hydrogen-bond acceptors (Lipinski definition) is 4. The molecule has 1 atom stereocenters. The largest absolute Gasteiger partial charge is 0.361 e. The van der Waals surface area contributed by atoms with Crippen LogP contribution in [0, 0.1) is 13.8 Å². The zero-order chi connectivity index (χ0) is 18.1. The van der Waals surface area contributed by atoms with E-state index in [0.717, 1.165) is 42.0 Å². The third-order valence-corrected chi connectivity index (χ3v) is 5.01. The van der Waals surface area contributed by atoms with Gasteiger partial charge in [0.25, 0.3) is 5.91 Å². The normalized spacial score (nSPS) is 17.0. The van der Waals surface area contributed by atoms with Crippen molar-refractivity contribution in [3.05, 3.63) is 70.9 Å². The van der Waals surface area contributed by atoms with Crippen LogP contribution in [0.3, 0.4) is 0 Å². The lowest BCUT2D eigenvalue weighted by Gasteiger charge is -2.25. The van der Waals surface area contributed by atoms with Crippen molar-refractivity contribution in [3.63, 3.8) is 0 Å². The van der Waals surface area contributed by atoms with Crippen LogP contribution in [-0.2, 0) is 6.54 Å². The molecule has 1 amide bonds. The predicted octanol–water partition coefficient (Wildman–Crippen LogP) is 3.51. The van der Waals surface area contributed by atoms with Crippen molar-refractivity contribution in [2.24, 2.45) is 0 Å². The van der Waals surface area contributed by atoms with Gasteiger partial charge in [-0.25, -0.2) is 0 Å². The van der Waals surface area contributed by atoms with Gasteiger partial charge in [-0.2, -0.15) is 5.10 Å². The highest BCUT2D eigenvalue weighted by atomic mass is 16.5. The lowest BCUT2D eigenvalue weighted by molar-refractivity contribution is 0.0734. The van der Waals surface area contributed by atoms with Gasteiger partial charge in [0.2, 0.25) is 0 Å². The van der Waals surface area contributed by atoms with Crippen LogP contribution in [0.15, 0.2) is 47.2 Å². The average Bonchev–Trinajstić information content (AvgIpc) is 3.37. The molecule has 6 heteroatoms. The molecule has 0 unspecified atom stereocenters. The van der Waals surface area contributed by atoms with Gasteiger partial charge in [0.05, 0.1) is 18.3 Å². The number of nitrogens with zero attached hydrogens (tertiary/aromatic N) is 4. The fourth-order valence-electron chi connectivity index (χ4n) is 3.83. The molecule has 1 saturated heterocycles. The average molecular weight is 350 g/mol. The van der Waals surface area contributed by atoms with E-state index >= 15 is 0 Å². The number of benzene rings is 1. The fourth-order valence-corrected chi connectivity index (χ4v) is 3.83. The number of carbonyl (C=O) groups is 1. The number of aryl methyl sites for hydroxylation is 2. The van der Waals surface area contributed by atoms with Gasteiger partial charge in [0.1, 0.15) is 5.76 Å². The maximum absolute atomic E-state index is 13.2. The standard InChI is InChI=1S/C20H22N4O2/c1-14-19(15(2)26-22-14)18-8-4-11-24(18)20(25)17-7-3-6-16(12-17)13-23-10-5-9-21-23/h3,5-7,9-10,12,18H,4,8,11,13H2,1-2H3/t18-/m1/s1. The number of aromatic nitrogens is 3. The van der Waals surface area contributed by atoms with Gasteiger partial charge < -0.3 is 9.42 Å². The van der Waals surface area contributed by atoms with Crippen LogP contribution in [-0.4, -0.2) is 32.3 Å². The monoisotopic (exact) mass is 350 g/mol. The molecule has 0 radical (unpaired) electrons. The quantitative estimate of drug-likeness (QED) is 0.722. The number of rotatable bonds is 4. The van der Waals surface area contributed by atoms with E-state index in [-0.39, 0.29) is 11.9 Å². The first-order valence-corrected chi connectivity index (χ1v) is 8.93. The molecule has 0 saturated carbocycles. The van der Waals surface area contributed by atoms with Crippen molar-refractivity contribution in [2.75, 3.05) is 6.54 Å². The van der Waals surface area contributed by atoms with E-state index in [1.54, 1.807) is 6.20 Å². The van der Waals surface area contributed by atoms with Crippen molar-refractivity contribution >= 4 is 5.91 Å². The SMILES string of the molecule is Cc1noc(C)c1[C@H]1CCCN1C(=O)c1cccc(Cn2cccn2)c1. The summed E-state index contributed by atoms with van der Waals surface area (Å²) in [5.74, 6) is 0.870. The molecule has 4 rings (SSSR count). The molecule has 2 aromatic heterocycles. The van der Waals surface area contributed by atoms with Crippen LogP contribution < -0.4 is 0 Å². The minimum atomic E-state index is 0.0449. The van der Waals surface area contributed by atoms with Crippen molar-refractivity contribution in [2.45, 2.75) is 39.3 Å². The highest BCUT2D eigenvalue weighted by molar-refractivity contribution is 5.95. The zero-order valence-corrected chi connectivity index (χ0v) is 15.1. The Morgan fingerprint density at radius 2 is 2.19 bits per heavy atom. The van der Waals surface area contributed by atoms with Gasteiger partial charge in [-0.3, -0.25) is 9.48 Å². The van der Waals surface area contributed by atoms with Gasteiger partial charge in [-0.1, -0.05) is 17.3 Å². The summed E-state index contributed by atoms with van der Waals surface area (Å²) in [7, 11) is 0. The molecule has 0 aliphatic carbocycles. The van der Waals surface area contributed by atoms with Crippen LogP contribution in [0.25, 0.3) is 0 Å². The summed E-state index contributed by atoms with van der Waals surface area (Å²) in [6.45, 7) is 5.27.